The molecule has 0 bridgehead atoms. The molecular formula is C12H19FO2Si. The summed E-state index contributed by atoms with van der Waals surface area (Å²) < 4.78 is 24.0. The predicted molar refractivity (Wildman–Crippen MR) is 65.2 cm³/mol. The third kappa shape index (κ3) is 3.40. The van der Waals surface area contributed by atoms with Crippen molar-refractivity contribution < 1.29 is 13.2 Å². The van der Waals surface area contributed by atoms with Crippen molar-refractivity contribution in [3.05, 3.63) is 35.6 Å². The Hall–Kier alpha value is -0.713. The molecule has 4 heteroatoms. The quantitative estimate of drug-likeness (QED) is 0.714. The highest BCUT2D eigenvalue weighted by Gasteiger charge is 2.32. The standard InChI is InChI=1S/C12H19FO2Si/c1-4-16(14-2,15-3)9-8-11-6-5-7-12(13)10-11/h5-7,10H,4,8-9H2,1-3H3. The first-order valence-corrected chi connectivity index (χ1v) is 7.73. The number of rotatable bonds is 6. The zero-order chi connectivity index (χ0) is 12.0. The first-order chi connectivity index (χ1) is 7.65. The van der Waals surface area contributed by atoms with Crippen molar-refractivity contribution in [1.82, 2.24) is 0 Å². The van der Waals surface area contributed by atoms with Gasteiger partial charge in [0.05, 0.1) is 0 Å². The van der Waals surface area contributed by atoms with Crippen LogP contribution in [0.25, 0.3) is 0 Å². The Labute approximate surface area is 97.6 Å². The van der Waals surface area contributed by atoms with Crippen molar-refractivity contribution >= 4 is 8.56 Å². The van der Waals surface area contributed by atoms with Crippen LogP contribution in [-0.4, -0.2) is 22.8 Å². The third-order valence-corrected chi connectivity index (χ3v) is 6.54. The van der Waals surface area contributed by atoms with Gasteiger partial charge in [-0.1, -0.05) is 19.1 Å². The molecule has 0 unspecified atom stereocenters. The van der Waals surface area contributed by atoms with Gasteiger partial charge in [0.15, 0.2) is 0 Å². The number of hydrogen-bond acceptors (Lipinski definition) is 2. The maximum atomic E-state index is 13.0. The highest BCUT2D eigenvalue weighted by molar-refractivity contribution is 6.67. The molecule has 16 heavy (non-hydrogen) atoms. The van der Waals surface area contributed by atoms with Gasteiger partial charge in [0, 0.05) is 14.2 Å². The largest absolute Gasteiger partial charge is 0.398 e. The van der Waals surface area contributed by atoms with Crippen molar-refractivity contribution in [1.29, 1.82) is 0 Å². The van der Waals surface area contributed by atoms with Crippen molar-refractivity contribution in [2.75, 3.05) is 14.2 Å². The Morgan fingerprint density at radius 1 is 1.25 bits per heavy atom. The number of aryl methyl sites for hydroxylation is 1. The second kappa shape index (κ2) is 6.13. The van der Waals surface area contributed by atoms with E-state index in [4.69, 9.17) is 8.85 Å². The highest BCUT2D eigenvalue weighted by Crippen LogP contribution is 2.20. The van der Waals surface area contributed by atoms with Crippen LogP contribution < -0.4 is 0 Å². The first-order valence-electron chi connectivity index (χ1n) is 5.50. The highest BCUT2D eigenvalue weighted by atomic mass is 28.4. The Morgan fingerprint density at radius 2 is 1.94 bits per heavy atom. The lowest BCUT2D eigenvalue weighted by Crippen LogP contribution is -2.39. The fourth-order valence-corrected chi connectivity index (χ4v) is 3.96. The van der Waals surface area contributed by atoms with E-state index < -0.39 is 8.56 Å². The molecule has 0 aliphatic heterocycles. The average Bonchev–Trinajstić information content (AvgIpc) is 2.32. The molecular weight excluding hydrogens is 223 g/mol. The fraction of sp³-hybridized carbons (Fsp3) is 0.500. The van der Waals surface area contributed by atoms with E-state index in [1.54, 1.807) is 26.4 Å². The minimum absolute atomic E-state index is 0.184. The van der Waals surface area contributed by atoms with E-state index in [9.17, 15) is 4.39 Å². The monoisotopic (exact) mass is 242 g/mol. The minimum Gasteiger partial charge on any atom is -0.398 e. The van der Waals surface area contributed by atoms with E-state index >= 15 is 0 Å². The molecule has 0 N–H and O–H groups in total. The number of benzene rings is 1. The van der Waals surface area contributed by atoms with Crippen LogP contribution in [0.15, 0.2) is 24.3 Å². The van der Waals surface area contributed by atoms with Crippen LogP contribution in [0.4, 0.5) is 4.39 Å². The second-order valence-corrected chi connectivity index (χ2v) is 7.65. The smallest absolute Gasteiger partial charge is 0.337 e. The molecule has 2 nitrogen and oxygen atoms in total. The van der Waals surface area contributed by atoms with E-state index in [-0.39, 0.29) is 5.82 Å². The Balaban J connectivity index is 2.62. The molecule has 0 heterocycles. The number of hydrogen-bond donors (Lipinski definition) is 0. The SMILES string of the molecule is CC[Si](CCc1cccc(F)c1)(OC)OC. The molecule has 1 aromatic carbocycles. The Bertz CT molecular complexity index is 318. The van der Waals surface area contributed by atoms with E-state index in [2.05, 4.69) is 6.92 Å². The second-order valence-electron chi connectivity index (χ2n) is 3.80. The fourth-order valence-electron chi connectivity index (χ4n) is 1.78. The van der Waals surface area contributed by atoms with Crippen LogP contribution >= 0.6 is 0 Å². The molecule has 0 aromatic heterocycles. The van der Waals surface area contributed by atoms with Gasteiger partial charge in [-0.3, -0.25) is 0 Å². The van der Waals surface area contributed by atoms with Crippen LogP contribution in [0.2, 0.25) is 12.1 Å². The van der Waals surface area contributed by atoms with E-state index in [1.165, 1.54) is 6.07 Å². The van der Waals surface area contributed by atoms with Gasteiger partial charge < -0.3 is 8.85 Å². The van der Waals surface area contributed by atoms with Gasteiger partial charge >= 0.3 is 8.56 Å². The molecule has 0 saturated carbocycles. The van der Waals surface area contributed by atoms with Crippen molar-refractivity contribution in [3.8, 4) is 0 Å². The molecule has 1 aromatic rings. The molecule has 1 rings (SSSR count). The molecule has 0 spiro atoms. The van der Waals surface area contributed by atoms with Gasteiger partial charge in [-0.2, -0.15) is 0 Å². The third-order valence-electron chi connectivity index (χ3n) is 2.97. The molecule has 0 aliphatic rings. The van der Waals surface area contributed by atoms with Gasteiger partial charge in [-0.15, -0.1) is 0 Å². The summed E-state index contributed by atoms with van der Waals surface area (Å²) in [6.07, 6.45) is 0.805. The molecule has 0 aliphatic carbocycles. The zero-order valence-corrected chi connectivity index (χ0v) is 11.1. The van der Waals surface area contributed by atoms with Crippen LogP contribution in [0, 0.1) is 5.82 Å². The lowest BCUT2D eigenvalue weighted by molar-refractivity contribution is 0.243. The normalized spacial score (nSPS) is 11.8. The van der Waals surface area contributed by atoms with E-state index in [0.717, 1.165) is 24.1 Å². The van der Waals surface area contributed by atoms with Gasteiger partial charge in [0.2, 0.25) is 0 Å². The molecule has 0 saturated heterocycles. The van der Waals surface area contributed by atoms with Gasteiger partial charge in [0.25, 0.3) is 0 Å². The summed E-state index contributed by atoms with van der Waals surface area (Å²) in [4.78, 5) is 0. The van der Waals surface area contributed by atoms with E-state index in [0.29, 0.717) is 0 Å². The zero-order valence-electron chi connectivity index (χ0n) is 10.1. The van der Waals surface area contributed by atoms with Gasteiger partial charge in [-0.05, 0) is 36.2 Å². The summed E-state index contributed by atoms with van der Waals surface area (Å²) in [6, 6.07) is 8.47. The lowest BCUT2D eigenvalue weighted by Gasteiger charge is -2.25. The van der Waals surface area contributed by atoms with Crippen LogP contribution in [-0.2, 0) is 15.3 Å². The summed E-state index contributed by atoms with van der Waals surface area (Å²) >= 11 is 0. The Morgan fingerprint density at radius 3 is 2.44 bits per heavy atom. The molecule has 0 amide bonds. The van der Waals surface area contributed by atoms with Crippen molar-refractivity contribution in [3.63, 3.8) is 0 Å². The van der Waals surface area contributed by atoms with Gasteiger partial charge in [-0.25, -0.2) is 4.39 Å². The van der Waals surface area contributed by atoms with E-state index in [1.807, 2.05) is 6.07 Å². The minimum atomic E-state index is -2.04. The molecule has 90 valence electrons. The van der Waals surface area contributed by atoms with Crippen LogP contribution in [0.5, 0.6) is 0 Å². The number of halogens is 1. The first kappa shape index (κ1) is 13.4. The molecule has 0 fully saturated rings. The van der Waals surface area contributed by atoms with Crippen LogP contribution in [0.1, 0.15) is 12.5 Å². The topological polar surface area (TPSA) is 18.5 Å². The summed E-state index contributed by atoms with van der Waals surface area (Å²) in [6.45, 7) is 2.07. The summed E-state index contributed by atoms with van der Waals surface area (Å²) in [5, 5.41) is 0. The summed E-state index contributed by atoms with van der Waals surface area (Å²) in [7, 11) is 1.36. The van der Waals surface area contributed by atoms with Crippen molar-refractivity contribution in [2.45, 2.75) is 25.4 Å². The molecule has 0 radical (unpaired) electrons. The Kier molecular flexibility index (Phi) is 5.11. The van der Waals surface area contributed by atoms with Crippen LogP contribution in [0.3, 0.4) is 0 Å². The lowest BCUT2D eigenvalue weighted by atomic mass is 10.2. The van der Waals surface area contributed by atoms with Crippen molar-refractivity contribution in [2.24, 2.45) is 0 Å². The molecule has 0 atom stereocenters. The average molecular weight is 242 g/mol. The maximum Gasteiger partial charge on any atom is 0.337 e. The van der Waals surface area contributed by atoms with Gasteiger partial charge in [0.1, 0.15) is 5.82 Å². The predicted octanol–water partition coefficient (Wildman–Crippen LogP) is 3.12. The maximum absolute atomic E-state index is 13.0. The summed E-state index contributed by atoms with van der Waals surface area (Å²) in [5.74, 6) is -0.184. The summed E-state index contributed by atoms with van der Waals surface area (Å²) in [5.41, 5.74) is 0.999.